The van der Waals surface area contributed by atoms with Crippen molar-refractivity contribution in [2.24, 2.45) is 16.7 Å². The van der Waals surface area contributed by atoms with E-state index in [1.54, 1.807) is 0 Å². The van der Waals surface area contributed by atoms with Gasteiger partial charge in [-0.25, -0.2) is 8.78 Å². The SMILES string of the molecule is CC1(C)C(Nc2ccc(F)cc2F)[C@]2(C)CC[C@H]1C2. The molecular weight excluding hydrogens is 244 g/mol. The van der Waals surface area contributed by atoms with Crippen molar-refractivity contribution in [3.05, 3.63) is 29.8 Å². The Kier molecular flexibility index (Phi) is 2.67. The average molecular weight is 265 g/mol. The fraction of sp³-hybridized carbons (Fsp3) is 0.625. The minimum Gasteiger partial charge on any atom is -0.379 e. The highest BCUT2D eigenvalue weighted by molar-refractivity contribution is 5.47. The van der Waals surface area contributed by atoms with Gasteiger partial charge in [-0.1, -0.05) is 20.8 Å². The van der Waals surface area contributed by atoms with Crippen LogP contribution in [0.5, 0.6) is 0 Å². The van der Waals surface area contributed by atoms with E-state index in [0.29, 0.717) is 11.6 Å². The molecule has 0 spiro atoms. The highest BCUT2D eigenvalue weighted by atomic mass is 19.1. The van der Waals surface area contributed by atoms with E-state index in [0.717, 1.165) is 6.07 Å². The van der Waals surface area contributed by atoms with Crippen LogP contribution in [0.4, 0.5) is 14.5 Å². The van der Waals surface area contributed by atoms with E-state index in [2.05, 4.69) is 26.1 Å². The van der Waals surface area contributed by atoms with Crippen LogP contribution in [0.3, 0.4) is 0 Å². The monoisotopic (exact) mass is 265 g/mol. The molecule has 1 N–H and O–H groups in total. The van der Waals surface area contributed by atoms with Crippen molar-refractivity contribution < 1.29 is 8.78 Å². The standard InChI is InChI=1S/C16H21F2N/c1-15(2)10-6-7-16(3,9-10)14(15)19-13-5-4-11(17)8-12(13)18/h4-5,8,10,14,19H,6-7,9H2,1-3H3/t10-,14?,16+/m0/s1. The lowest BCUT2D eigenvalue weighted by Gasteiger charge is -2.43. The smallest absolute Gasteiger partial charge is 0.149 e. The molecule has 0 heterocycles. The predicted octanol–water partition coefficient (Wildman–Crippen LogP) is 4.59. The van der Waals surface area contributed by atoms with Crippen molar-refractivity contribution in [2.75, 3.05) is 5.32 Å². The lowest BCUT2D eigenvalue weighted by molar-refractivity contribution is 0.155. The van der Waals surface area contributed by atoms with Crippen molar-refractivity contribution in [1.29, 1.82) is 0 Å². The largest absolute Gasteiger partial charge is 0.379 e. The van der Waals surface area contributed by atoms with E-state index in [-0.39, 0.29) is 16.9 Å². The molecular formula is C16H21F2N. The Hall–Kier alpha value is -1.12. The molecule has 1 aromatic rings. The Morgan fingerprint density at radius 1 is 1.21 bits per heavy atom. The first-order valence-electron chi connectivity index (χ1n) is 7.04. The topological polar surface area (TPSA) is 12.0 Å². The normalized spacial score (nSPS) is 35.6. The first-order chi connectivity index (χ1) is 8.83. The summed E-state index contributed by atoms with van der Waals surface area (Å²) in [4.78, 5) is 0. The van der Waals surface area contributed by atoms with Gasteiger partial charge in [0.1, 0.15) is 11.6 Å². The zero-order valence-electron chi connectivity index (χ0n) is 11.8. The van der Waals surface area contributed by atoms with Gasteiger partial charge in [0, 0.05) is 12.1 Å². The van der Waals surface area contributed by atoms with E-state index < -0.39 is 11.6 Å². The van der Waals surface area contributed by atoms with E-state index in [4.69, 9.17) is 0 Å². The predicted molar refractivity (Wildman–Crippen MR) is 73.0 cm³/mol. The van der Waals surface area contributed by atoms with Crippen LogP contribution in [-0.4, -0.2) is 6.04 Å². The molecule has 3 atom stereocenters. The molecule has 1 unspecified atom stereocenters. The molecule has 1 nitrogen and oxygen atoms in total. The highest BCUT2D eigenvalue weighted by Gasteiger charge is 2.59. The molecule has 2 saturated carbocycles. The summed E-state index contributed by atoms with van der Waals surface area (Å²) < 4.78 is 26.8. The van der Waals surface area contributed by atoms with Gasteiger partial charge in [-0.3, -0.25) is 0 Å². The summed E-state index contributed by atoms with van der Waals surface area (Å²) in [7, 11) is 0. The van der Waals surface area contributed by atoms with Gasteiger partial charge in [0.25, 0.3) is 0 Å². The summed E-state index contributed by atoms with van der Waals surface area (Å²) >= 11 is 0. The number of rotatable bonds is 2. The molecule has 2 fully saturated rings. The molecule has 1 aromatic carbocycles. The summed E-state index contributed by atoms with van der Waals surface area (Å²) in [5.41, 5.74) is 0.816. The van der Waals surface area contributed by atoms with E-state index in [1.807, 2.05) is 0 Å². The Bertz CT molecular complexity index is 507. The Morgan fingerprint density at radius 2 is 1.95 bits per heavy atom. The van der Waals surface area contributed by atoms with Gasteiger partial charge in [0.2, 0.25) is 0 Å². The zero-order valence-corrected chi connectivity index (χ0v) is 11.8. The molecule has 3 rings (SSSR count). The summed E-state index contributed by atoms with van der Waals surface area (Å²) in [5, 5.41) is 3.36. The molecule has 0 amide bonds. The average Bonchev–Trinajstić information content (AvgIpc) is 2.78. The maximum Gasteiger partial charge on any atom is 0.149 e. The van der Waals surface area contributed by atoms with Crippen LogP contribution < -0.4 is 5.32 Å². The van der Waals surface area contributed by atoms with Crippen molar-refractivity contribution in [1.82, 2.24) is 0 Å². The van der Waals surface area contributed by atoms with Crippen LogP contribution in [0.25, 0.3) is 0 Å². The third kappa shape index (κ3) is 1.86. The quantitative estimate of drug-likeness (QED) is 0.824. The molecule has 0 aliphatic heterocycles. The molecule has 19 heavy (non-hydrogen) atoms. The second-order valence-corrected chi connectivity index (χ2v) is 7.12. The van der Waals surface area contributed by atoms with Gasteiger partial charge < -0.3 is 5.32 Å². The maximum atomic E-state index is 13.8. The summed E-state index contributed by atoms with van der Waals surface area (Å²) in [6.45, 7) is 6.82. The van der Waals surface area contributed by atoms with Gasteiger partial charge >= 0.3 is 0 Å². The van der Waals surface area contributed by atoms with Crippen LogP contribution in [0.1, 0.15) is 40.0 Å². The van der Waals surface area contributed by atoms with Crippen LogP contribution in [0, 0.1) is 28.4 Å². The number of nitrogens with one attached hydrogen (secondary N) is 1. The van der Waals surface area contributed by atoms with Crippen molar-refractivity contribution >= 4 is 5.69 Å². The number of hydrogen-bond acceptors (Lipinski definition) is 1. The van der Waals surface area contributed by atoms with Gasteiger partial charge in [0.15, 0.2) is 0 Å². The van der Waals surface area contributed by atoms with E-state index in [9.17, 15) is 8.78 Å². The Labute approximate surface area is 113 Å². The number of anilines is 1. The van der Waals surface area contributed by atoms with Crippen molar-refractivity contribution in [2.45, 2.75) is 46.1 Å². The highest BCUT2D eigenvalue weighted by Crippen LogP contribution is 2.63. The molecule has 104 valence electrons. The first kappa shape index (κ1) is 12.9. The fourth-order valence-corrected chi connectivity index (χ4v) is 4.42. The van der Waals surface area contributed by atoms with Crippen LogP contribution >= 0.6 is 0 Å². The van der Waals surface area contributed by atoms with Crippen LogP contribution in [-0.2, 0) is 0 Å². The summed E-state index contributed by atoms with van der Waals surface area (Å²) in [6, 6.07) is 4.02. The van der Waals surface area contributed by atoms with Gasteiger partial charge in [-0.2, -0.15) is 0 Å². The number of fused-ring (bicyclic) bond motifs is 2. The lowest BCUT2D eigenvalue weighted by Crippen LogP contribution is -2.45. The van der Waals surface area contributed by atoms with Gasteiger partial charge in [0.05, 0.1) is 5.69 Å². The second-order valence-electron chi connectivity index (χ2n) is 7.12. The van der Waals surface area contributed by atoms with Gasteiger partial charge in [-0.05, 0) is 48.1 Å². The maximum absolute atomic E-state index is 13.8. The second kappa shape index (κ2) is 3.94. The van der Waals surface area contributed by atoms with Gasteiger partial charge in [-0.15, -0.1) is 0 Å². The fourth-order valence-electron chi connectivity index (χ4n) is 4.42. The van der Waals surface area contributed by atoms with Crippen LogP contribution in [0.15, 0.2) is 18.2 Å². The molecule has 2 bridgehead atoms. The number of hydrogen-bond donors (Lipinski definition) is 1. The van der Waals surface area contributed by atoms with E-state index in [1.165, 1.54) is 31.4 Å². The lowest BCUT2D eigenvalue weighted by atomic mass is 9.68. The molecule has 2 aliphatic carbocycles. The van der Waals surface area contributed by atoms with Crippen molar-refractivity contribution in [3.8, 4) is 0 Å². The van der Waals surface area contributed by atoms with E-state index >= 15 is 0 Å². The molecule has 2 aliphatic rings. The minimum absolute atomic E-state index is 0.161. The third-order valence-electron chi connectivity index (χ3n) is 5.50. The minimum atomic E-state index is -0.526. The molecule has 0 saturated heterocycles. The number of benzene rings is 1. The third-order valence-corrected chi connectivity index (χ3v) is 5.50. The van der Waals surface area contributed by atoms with Crippen molar-refractivity contribution in [3.63, 3.8) is 0 Å². The first-order valence-corrected chi connectivity index (χ1v) is 7.04. The van der Waals surface area contributed by atoms with Crippen LogP contribution in [0.2, 0.25) is 0 Å². The molecule has 0 aromatic heterocycles. The Morgan fingerprint density at radius 3 is 2.53 bits per heavy atom. The number of halogens is 2. The molecule has 3 heteroatoms. The summed E-state index contributed by atoms with van der Waals surface area (Å²) in [6.07, 6.45) is 3.68. The Balaban J connectivity index is 1.90. The summed E-state index contributed by atoms with van der Waals surface area (Å²) in [5.74, 6) is -0.317. The zero-order chi connectivity index (χ0) is 13.8. The molecule has 0 radical (unpaired) electrons.